The van der Waals surface area contributed by atoms with E-state index in [1.807, 2.05) is 6.92 Å². The van der Waals surface area contributed by atoms with Crippen LogP contribution in [0.2, 0.25) is 0 Å². The molecule has 1 aromatic carbocycles. The van der Waals surface area contributed by atoms with Crippen LogP contribution in [-0.4, -0.2) is 45.6 Å². The molecule has 0 radical (unpaired) electrons. The van der Waals surface area contributed by atoms with Crippen LogP contribution in [0.4, 0.5) is 0 Å². The predicted octanol–water partition coefficient (Wildman–Crippen LogP) is 1.30. The van der Waals surface area contributed by atoms with E-state index in [0.29, 0.717) is 17.5 Å². The maximum absolute atomic E-state index is 11.3. The van der Waals surface area contributed by atoms with Crippen molar-refractivity contribution in [3.63, 3.8) is 0 Å². The molecular formula is C14H18N2O4. The van der Waals surface area contributed by atoms with Crippen LogP contribution >= 0.6 is 0 Å². The third-order valence-electron chi connectivity index (χ3n) is 3.14. The van der Waals surface area contributed by atoms with Crippen molar-refractivity contribution >= 4 is 17.0 Å². The van der Waals surface area contributed by atoms with Crippen LogP contribution < -0.4 is 0 Å². The van der Waals surface area contributed by atoms with Gasteiger partial charge < -0.3 is 19.5 Å². The number of nitrogens with zero attached hydrogens (tertiary/aromatic N) is 2. The Morgan fingerprint density at radius 2 is 2.25 bits per heavy atom. The second kappa shape index (κ2) is 6.02. The number of imidazole rings is 1. The normalized spacial score (nSPS) is 12.8. The van der Waals surface area contributed by atoms with Crippen molar-refractivity contribution in [1.82, 2.24) is 9.55 Å². The highest BCUT2D eigenvalue weighted by Crippen LogP contribution is 2.21. The molecule has 0 fully saturated rings. The molecule has 0 saturated heterocycles. The number of aliphatic hydroxyl groups is 1. The van der Waals surface area contributed by atoms with E-state index in [1.54, 1.807) is 22.8 Å². The molecule has 108 valence electrons. The van der Waals surface area contributed by atoms with Crippen LogP contribution in [0.5, 0.6) is 0 Å². The SMILES string of the molecule is CCc1nc2cccc(C(=O)O)c2n1CC(O)COC. The van der Waals surface area contributed by atoms with Crippen molar-refractivity contribution < 1.29 is 19.7 Å². The fourth-order valence-corrected chi connectivity index (χ4v) is 2.33. The van der Waals surface area contributed by atoms with Gasteiger partial charge in [-0.1, -0.05) is 13.0 Å². The number of carboxylic acid groups (broad SMARTS) is 1. The maximum Gasteiger partial charge on any atom is 0.337 e. The summed E-state index contributed by atoms with van der Waals surface area (Å²) in [4.78, 5) is 15.8. The molecule has 1 unspecified atom stereocenters. The first-order valence-corrected chi connectivity index (χ1v) is 6.46. The molecule has 0 bridgehead atoms. The summed E-state index contributed by atoms with van der Waals surface area (Å²) in [6.07, 6.45) is -0.0440. The lowest BCUT2D eigenvalue weighted by Gasteiger charge is -2.14. The molecule has 6 heteroatoms. The molecule has 2 N–H and O–H groups in total. The Morgan fingerprint density at radius 3 is 2.85 bits per heavy atom. The van der Waals surface area contributed by atoms with Crippen LogP contribution in [0.3, 0.4) is 0 Å². The molecular weight excluding hydrogens is 260 g/mol. The second-order valence-corrected chi connectivity index (χ2v) is 4.58. The minimum absolute atomic E-state index is 0.193. The molecule has 2 rings (SSSR count). The van der Waals surface area contributed by atoms with Gasteiger partial charge in [0.1, 0.15) is 5.82 Å². The van der Waals surface area contributed by atoms with E-state index in [0.717, 1.165) is 5.82 Å². The summed E-state index contributed by atoms with van der Waals surface area (Å²) in [6.45, 7) is 2.40. The highest BCUT2D eigenvalue weighted by atomic mass is 16.5. The van der Waals surface area contributed by atoms with E-state index < -0.39 is 12.1 Å². The number of aromatic nitrogens is 2. The van der Waals surface area contributed by atoms with E-state index in [-0.39, 0.29) is 18.7 Å². The van der Waals surface area contributed by atoms with Gasteiger partial charge in [0, 0.05) is 13.5 Å². The molecule has 6 nitrogen and oxygen atoms in total. The molecule has 1 heterocycles. The van der Waals surface area contributed by atoms with Gasteiger partial charge in [0.05, 0.1) is 35.9 Å². The smallest absolute Gasteiger partial charge is 0.337 e. The Hall–Kier alpha value is -1.92. The first-order chi connectivity index (χ1) is 9.58. The Morgan fingerprint density at radius 1 is 1.50 bits per heavy atom. The number of hydrogen-bond acceptors (Lipinski definition) is 4. The van der Waals surface area contributed by atoms with Crippen LogP contribution in [0.15, 0.2) is 18.2 Å². The molecule has 0 aliphatic heterocycles. The summed E-state index contributed by atoms with van der Waals surface area (Å²) >= 11 is 0. The number of ether oxygens (including phenoxy) is 1. The Labute approximate surface area is 116 Å². The van der Waals surface area contributed by atoms with Crippen molar-refractivity contribution in [2.75, 3.05) is 13.7 Å². The van der Waals surface area contributed by atoms with Gasteiger partial charge in [-0.3, -0.25) is 0 Å². The van der Waals surface area contributed by atoms with Crippen molar-refractivity contribution in [2.45, 2.75) is 26.0 Å². The number of methoxy groups -OCH3 is 1. The Kier molecular flexibility index (Phi) is 4.36. The van der Waals surface area contributed by atoms with E-state index in [1.165, 1.54) is 7.11 Å². The number of carboxylic acids is 1. The van der Waals surface area contributed by atoms with E-state index in [4.69, 9.17) is 4.74 Å². The summed E-state index contributed by atoms with van der Waals surface area (Å²) in [7, 11) is 1.51. The third-order valence-corrected chi connectivity index (χ3v) is 3.14. The van der Waals surface area contributed by atoms with Gasteiger partial charge in [0.15, 0.2) is 0 Å². The number of fused-ring (bicyclic) bond motifs is 1. The minimum Gasteiger partial charge on any atom is -0.478 e. The summed E-state index contributed by atoms with van der Waals surface area (Å²) in [5, 5.41) is 19.2. The molecule has 0 aliphatic rings. The number of aromatic carboxylic acids is 1. The van der Waals surface area contributed by atoms with Crippen molar-refractivity contribution in [1.29, 1.82) is 0 Å². The summed E-state index contributed by atoms with van der Waals surface area (Å²) < 4.78 is 6.68. The average molecular weight is 278 g/mol. The van der Waals surface area contributed by atoms with Gasteiger partial charge in [-0.05, 0) is 12.1 Å². The summed E-state index contributed by atoms with van der Waals surface area (Å²) in [5.41, 5.74) is 1.37. The Bertz CT molecular complexity index is 621. The highest BCUT2D eigenvalue weighted by molar-refractivity contribution is 6.01. The molecule has 1 atom stereocenters. The van der Waals surface area contributed by atoms with Crippen LogP contribution in [0.1, 0.15) is 23.1 Å². The van der Waals surface area contributed by atoms with Gasteiger partial charge in [-0.25, -0.2) is 9.78 Å². The fraction of sp³-hybridized carbons (Fsp3) is 0.429. The summed E-state index contributed by atoms with van der Waals surface area (Å²) in [6, 6.07) is 5.00. The zero-order chi connectivity index (χ0) is 14.7. The second-order valence-electron chi connectivity index (χ2n) is 4.58. The number of aliphatic hydroxyl groups excluding tert-OH is 1. The van der Waals surface area contributed by atoms with E-state index in [2.05, 4.69) is 4.98 Å². The molecule has 2 aromatic rings. The quantitative estimate of drug-likeness (QED) is 0.832. The van der Waals surface area contributed by atoms with Crippen LogP contribution in [0, 0.1) is 0 Å². The third kappa shape index (κ3) is 2.66. The lowest BCUT2D eigenvalue weighted by molar-refractivity contribution is 0.0537. The fourth-order valence-electron chi connectivity index (χ4n) is 2.33. The highest BCUT2D eigenvalue weighted by Gasteiger charge is 2.18. The lowest BCUT2D eigenvalue weighted by Crippen LogP contribution is -2.22. The average Bonchev–Trinajstić information content (AvgIpc) is 2.76. The monoisotopic (exact) mass is 278 g/mol. The van der Waals surface area contributed by atoms with Gasteiger partial charge in [0.2, 0.25) is 0 Å². The van der Waals surface area contributed by atoms with Gasteiger partial charge in [0.25, 0.3) is 0 Å². The van der Waals surface area contributed by atoms with Crippen molar-refractivity contribution in [3.8, 4) is 0 Å². The topological polar surface area (TPSA) is 84.6 Å². The number of rotatable bonds is 6. The van der Waals surface area contributed by atoms with Gasteiger partial charge in [-0.15, -0.1) is 0 Å². The largest absolute Gasteiger partial charge is 0.478 e. The standard InChI is InChI=1S/C14H18N2O4/c1-3-12-15-11-6-4-5-10(14(18)19)13(11)16(12)7-9(17)8-20-2/h4-6,9,17H,3,7-8H2,1-2H3,(H,18,19). The van der Waals surface area contributed by atoms with Crippen LogP contribution in [0.25, 0.3) is 11.0 Å². The number of para-hydroxylation sites is 1. The lowest BCUT2D eigenvalue weighted by atomic mass is 10.2. The number of benzene rings is 1. The molecule has 1 aromatic heterocycles. The van der Waals surface area contributed by atoms with E-state index in [9.17, 15) is 15.0 Å². The molecule has 0 saturated carbocycles. The van der Waals surface area contributed by atoms with E-state index >= 15 is 0 Å². The van der Waals surface area contributed by atoms with Crippen molar-refractivity contribution in [2.24, 2.45) is 0 Å². The molecule has 0 aliphatic carbocycles. The predicted molar refractivity (Wildman–Crippen MR) is 74.0 cm³/mol. The first-order valence-electron chi connectivity index (χ1n) is 6.46. The number of aryl methyl sites for hydroxylation is 1. The molecule has 20 heavy (non-hydrogen) atoms. The van der Waals surface area contributed by atoms with Crippen molar-refractivity contribution in [3.05, 3.63) is 29.6 Å². The molecule has 0 amide bonds. The van der Waals surface area contributed by atoms with Gasteiger partial charge >= 0.3 is 5.97 Å². The first kappa shape index (κ1) is 14.5. The Balaban J connectivity index is 2.57. The zero-order valence-electron chi connectivity index (χ0n) is 11.5. The minimum atomic E-state index is -0.999. The maximum atomic E-state index is 11.3. The van der Waals surface area contributed by atoms with Gasteiger partial charge in [-0.2, -0.15) is 0 Å². The van der Waals surface area contributed by atoms with Crippen LogP contribution in [-0.2, 0) is 17.7 Å². The number of hydrogen-bond donors (Lipinski definition) is 2. The zero-order valence-corrected chi connectivity index (χ0v) is 11.5. The number of carbonyl (C=O) groups is 1. The summed E-state index contributed by atoms with van der Waals surface area (Å²) in [5.74, 6) is -0.246. The molecule has 0 spiro atoms.